The molecule has 2 aliphatic rings. The van der Waals surface area contributed by atoms with Crippen molar-refractivity contribution in [3.05, 3.63) is 35.9 Å². The molecule has 0 radical (unpaired) electrons. The van der Waals surface area contributed by atoms with Crippen LogP contribution in [0.3, 0.4) is 0 Å². The number of carbonyl (C=O) groups excluding carboxylic acids is 3. The predicted octanol–water partition coefficient (Wildman–Crippen LogP) is 2.71. The van der Waals surface area contributed by atoms with Gasteiger partial charge in [-0.25, -0.2) is 4.79 Å². The van der Waals surface area contributed by atoms with Crippen LogP contribution >= 0.6 is 10.0 Å². The summed E-state index contributed by atoms with van der Waals surface area (Å²) in [5.74, 6) is -1.10. The van der Waals surface area contributed by atoms with Gasteiger partial charge in [0.1, 0.15) is 12.6 Å². The summed E-state index contributed by atoms with van der Waals surface area (Å²) < 4.78 is 4.61. The number of nitrogens with zero attached hydrogens (tertiary/aromatic N) is 1. The minimum absolute atomic E-state index is 0.0919. The smallest absolute Gasteiger partial charge is 0.330 e. The summed E-state index contributed by atoms with van der Waals surface area (Å²) in [7, 11) is -2.43. The van der Waals surface area contributed by atoms with Crippen molar-refractivity contribution in [3.8, 4) is 0 Å². The van der Waals surface area contributed by atoms with E-state index >= 15 is 0 Å². The molecule has 2 saturated heterocycles. The molecule has 0 bridgehead atoms. The Balaban J connectivity index is 1.91. The van der Waals surface area contributed by atoms with E-state index in [0.717, 1.165) is 5.56 Å². The van der Waals surface area contributed by atoms with Crippen molar-refractivity contribution >= 4 is 27.1 Å². The van der Waals surface area contributed by atoms with Crippen LogP contribution in [-0.4, -0.2) is 54.8 Å². The highest BCUT2D eigenvalue weighted by Gasteiger charge is 2.71. The Morgan fingerprint density at radius 1 is 1.28 bits per heavy atom. The molecule has 7 nitrogen and oxygen atoms in total. The molecule has 3 rings (SSSR count). The molecule has 1 aromatic rings. The van der Waals surface area contributed by atoms with E-state index in [0.29, 0.717) is 0 Å². The van der Waals surface area contributed by atoms with Gasteiger partial charge in [-0.1, -0.05) is 30.3 Å². The molecule has 3 atom stereocenters. The van der Waals surface area contributed by atoms with Gasteiger partial charge < -0.3 is 20.1 Å². The van der Waals surface area contributed by atoms with Crippen molar-refractivity contribution in [3.63, 3.8) is 0 Å². The maximum atomic E-state index is 13.3. The van der Waals surface area contributed by atoms with E-state index < -0.39 is 37.7 Å². The fourth-order valence-electron chi connectivity index (χ4n) is 4.21. The van der Waals surface area contributed by atoms with E-state index in [4.69, 9.17) is 4.74 Å². The van der Waals surface area contributed by atoms with Gasteiger partial charge in [0.25, 0.3) is 5.24 Å². The standard InChI is InChI=1S/C21H30N2O5S/c1-20(2,3)22-19(27)29(13-24)16-11-15(25)23(16)17(21(29,4)5)18(26)28-12-14-9-7-6-8-10-14/h6-10,16-17,24H,11-13H2,1-5H3,(H,22,27)/t16-,17+/m1/s1. The van der Waals surface area contributed by atoms with Gasteiger partial charge in [0.05, 0.1) is 17.7 Å². The van der Waals surface area contributed by atoms with Crippen molar-refractivity contribution in [2.24, 2.45) is 0 Å². The number of β-lactam (4-membered cyclic amide) rings is 1. The summed E-state index contributed by atoms with van der Waals surface area (Å²) in [6.07, 6.45) is 0.166. The molecule has 0 spiro atoms. The molecule has 2 amide bonds. The van der Waals surface area contributed by atoms with Crippen molar-refractivity contribution in [2.45, 2.75) is 69.3 Å². The highest BCUT2D eigenvalue weighted by atomic mass is 32.3. The monoisotopic (exact) mass is 422 g/mol. The Bertz CT molecular complexity index is 820. The molecular weight excluding hydrogens is 392 g/mol. The van der Waals surface area contributed by atoms with Gasteiger partial charge in [-0.15, -0.1) is 10.0 Å². The van der Waals surface area contributed by atoms with Crippen LogP contribution < -0.4 is 5.32 Å². The third-order valence-electron chi connectivity index (χ3n) is 5.75. The fraction of sp³-hybridized carbons (Fsp3) is 0.571. The first-order chi connectivity index (χ1) is 13.5. The van der Waals surface area contributed by atoms with Gasteiger partial charge in [0.2, 0.25) is 5.91 Å². The van der Waals surface area contributed by atoms with Crippen LogP contribution in [0.15, 0.2) is 30.3 Å². The number of benzene rings is 1. The minimum atomic E-state index is -2.43. The Morgan fingerprint density at radius 3 is 2.41 bits per heavy atom. The Kier molecular flexibility index (Phi) is 5.47. The van der Waals surface area contributed by atoms with Crippen molar-refractivity contribution < 1.29 is 24.2 Å². The normalized spacial score (nSPS) is 27.8. The molecule has 1 aromatic carbocycles. The number of rotatable bonds is 4. The van der Waals surface area contributed by atoms with Crippen LogP contribution in [0.2, 0.25) is 0 Å². The van der Waals surface area contributed by atoms with Crippen LogP contribution in [0.5, 0.6) is 0 Å². The summed E-state index contributed by atoms with van der Waals surface area (Å²) >= 11 is 0. The van der Waals surface area contributed by atoms with E-state index in [1.807, 2.05) is 51.1 Å². The number of fused-ring (bicyclic) bond motifs is 1. The van der Waals surface area contributed by atoms with Crippen molar-refractivity contribution in [1.82, 2.24) is 10.2 Å². The molecule has 2 heterocycles. The third-order valence-corrected chi connectivity index (χ3v) is 10.3. The van der Waals surface area contributed by atoms with E-state index in [9.17, 15) is 19.5 Å². The number of hydrogen-bond donors (Lipinski definition) is 2. The quantitative estimate of drug-likeness (QED) is 0.575. The number of nitrogens with one attached hydrogen (secondary N) is 1. The molecule has 160 valence electrons. The molecule has 0 saturated carbocycles. The second-order valence-corrected chi connectivity index (χ2v) is 13.0. The highest BCUT2D eigenvalue weighted by Crippen LogP contribution is 2.73. The number of aliphatic hydroxyl groups excluding tert-OH is 1. The summed E-state index contributed by atoms with van der Waals surface area (Å²) in [5.41, 5.74) is 0.349. The molecule has 8 heteroatoms. The molecule has 29 heavy (non-hydrogen) atoms. The molecule has 2 fully saturated rings. The number of hydrogen-bond acceptors (Lipinski definition) is 5. The van der Waals surface area contributed by atoms with Crippen molar-refractivity contribution in [1.29, 1.82) is 0 Å². The van der Waals surface area contributed by atoms with Gasteiger partial charge in [0.15, 0.2) is 0 Å². The number of carbonyl (C=O) groups is 3. The largest absolute Gasteiger partial charge is 0.459 e. The molecule has 0 aliphatic carbocycles. The first kappa shape index (κ1) is 21.6. The lowest BCUT2D eigenvalue weighted by molar-refractivity contribution is -0.162. The predicted molar refractivity (Wildman–Crippen MR) is 112 cm³/mol. The number of amides is 2. The zero-order valence-corrected chi connectivity index (χ0v) is 18.4. The van der Waals surface area contributed by atoms with Gasteiger partial charge in [-0.3, -0.25) is 9.59 Å². The maximum absolute atomic E-state index is 13.3. The third kappa shape index (κ3) is 3.42. The SMILES string of the molecule is CC(C)(C)NC(=O)[S@]1(CO)[C@@H]2CC(=O)N2[C@@H](C(=O)OCc2ccccc2)C1(C)C. The second-order valence-electron chi connectivity index (χ2n) is 9.14. The Morgan fingerprint density at radius 2 is 1.90 bits per heavy atom. The number of ether oxygens (including phenoxy) is 1. The summed E-state index contributed by atoms with van der Waals surface area (Å²) in [6.45, 7) is 9.28. The maximum Gasteiger partial charge on any atom is 0.330 e. The van der Waals surface area contributed by atoms with Crippen LogP contribution in [0.1, 0.15) is 46.6 Å². The van der Waals surface area contributed by atoms with Crippen LogP contribution in [0.4, 0.5) is 4.79 Å². The van der Waals surface area contributed by atoms with Gasteiger partial charge >= 0.3 is 5.97 Å². The van der Waals surface area contributed by atoms with Crippen LogP contribution in [0, 0.1) is 0 Å². The lowest BCUT2D eigenvalue weighted by Crippen LogP contribution is -2.57. The van der Waals surface area contributed by atoms with Gasteiger partial charge in [-0.2, -0.15) is 0 Å². The zero-order chi connectivity index (χ0) is 21.6. The van der Waals surface area contributed by atoms with E-state index in [2.05, 4.69) is 5.32 Å². The molecule has 2 N–H and O–H groups in total. The number of aliphatic hydroxyl groups is 1. The van der Waals surface area contributed by atoms with E-state index in [-0.39, 0.29) is 30.1 Å². The average molecular weight is 423 g/mol. The topological polar surface area (TPSA) is 95.9 Å². The van der Waals surface area contributed by atoms with Gasteiger partial charge in [0, 0.05) is 10.3 Å². The lowest BCUT2D eigenvalue weighted by atomic mass is 9.98. The first-order valence-corrected chi connectivity index (χ1v) is 11.6. The van der Waals surface area contributed by atoms with Crippen molar-refractivity contribution in [2.75, 3.05) is 5.94 Å². The molecular formula is C21H30N2O5S. The Labute approximate surface area is 173 Å². The fourth-order valence-corrected chi connectivity index (χ4v) is 8.41. The second kappa shape index (κ2) is 7.32. The zero-order valence-electron chi connectivity index (χ0n) is 17.6. The number of esters is 1. The lowest BCUT2D eigenvalue weighted by Gasteiger charge is -2.49. The van der Waals surface area contributed by atoms with Gasteiger partial charge in [-0.05, 0) is 40.2 Å². The molecule has 0 unspecified atom stereocenters. The van der Waals surface area contributed by atoms with Crippen LogP contribution in [-0.2, 0) is 20.9 Å². The molecule has 2 aliphatic heterocycles. The highest BCUT2D eigenvalue weighted by molar-refractivity contribution is 8.46. The minimum Gasteiger partial charge on any atom is -0.459 e. The average Bonchev–Trinajstić information content (AvgIpc) is 2.79. The summed E-state index contributed by atoms with van der Waals surface area (Å²) in [6, 6.07) is 8.40. The Hall–Kier alpha value is -2.06. The van der Waals surface area contributed by atoms with Crippen LogP contribution in [0.25, 0.3) is 0 Å². The summed E-state index contributed by atoms with van der Waals surface area (Å²) in [4.78, 5) is 40.3. The first-order valence-electron chi connectivity index (χ1n) is 9.70. The summed E-state index contributed by atoms with van der Waals surface area (Å²) in [5, 5.41) is 12.7. The molecule has 0 aromatic heterocycles. The van der Waals surface area contributed by atoms with E-state index in [1.54, 1.807) is 13.8 Å². The van der Waals surface area contributed by atoms with E-state index in [1.165, 1.54) is 4.90 Å².